The van der Waals surface area contributed by atoms with Crippen LogP contribution in [0.15, 0.2) is 23.4 Å². The van der Waals surface area contributed by atoms with Crippen LogP contribution >= 0.6 is 0 Å². The van der Waals surface area contributed by atoms with E-state index >= 15 is 0 Å². The number of sulfonamides is 1. The highest BCUT2D eigenvalue weighted by Gasteiger charge is 2.45. The quantitative estimate of drug-likeness (QED) is 0.878. The zero-order valence-corrected chi connectivity index (χ0v) is 12.4. The van der Waals surface area contributed by atoms with E-state index in [4.69, 9.17) is 0 Å². The van der Waals surface area contributed by atoms with Crippen molar-refractivity contribution in [2.24, 2.45) is 5.92 Å². The van der Waals surface area contributed by atoms with Crippen LogP contribution in [0.2, 0.25) is 0 Å². The van der Waals surface area contributed by atoms with Gasteiger partial charge in [-0.05, 0) is 43.7 Å². The molecule has 1 saturated carbocycles. The van der Waals surface area contributed by atoms with Gasteiger partial charge in [0.05, 0.1) is 0 Å². The maximum absolute atomic E-state index is 13.6. The highest BCUT2D eigenvalue weighted by atomic mass is 32.2. The minimum atomic E-state index is -4.33. The molecule has 0 aromatic carbocycles. The van der Waals surface area contributed by atoms with Gasteiger partial charge in [-0.15, -0.1) is 0 Å². The summed E-state index contributed by atoms with van der Waals surface area (Å²) in [5.74, 6) is -1.91. The van der Waals surface area contributed by atoms with Crippen LogP contribution in [0, 0.1) is 11.7 Å². The van der Waals surface area contributed by atoms with Gasteiger partial charge in [-0.25, -0.2) is 17.8 Å². The van der Waals surface area contributed by atoms with Crippen LogP contribution in [0.25, 0.3) is 0 Å². The van der Waals surface area contributed by atoms with Crippen molar-refractivity contribution >= 4 is 16.0 Å². The van der Waals surface area contributed by atoms with Crippen LogP contribution in [-0.2, 0) is 14.8 Å². The van der Waals surface area contributed by atoms with Crippen LogP contribution in [0.3, 0.4) is 0 Å². The number of halogens is 1. The van der Waals surface area contributed by atoms with Gasteiger partial charge < -0.3 is 5.11 Å². The zero-order chi connectivity index (χ0) is 15.7. The molecular formula is C13H17FN2O4S. The lowest BCUT2D eigenvalue weighted by Gasteiger charge is -2.35. The lowest BCUT2D eigenvalue weighted by atomic mass is 9.78. The van der Waals surface area contributed by atoms with Gasteiger partial charge >= 0.3 is 5.97 Å². The molecule has 0 radical (unpaired) electrons. The molecule has 6 nitrogen and oxygen atoms in total. The first-order valence-electron chi connectivity index (χ1n) is 6.65. The van der Waals surface area contributed by atoms with Gasteiger partial charge in [0.2, 0.25) is 5.03 Å². The summed E-state index contributed by atoms with van der Waals surface area (Å²) >= 11 is 0. The molecule has 116 valence electrons. The molecule has 8 heteroatoms. The molecule has 0 atom stereocenters. The van der Waals surface area contributed by atoms with Crippen LogP contribution in [0.1, 0.15) is 32.6 Å². The largest absolute Gasteiger partial charge is 0.480 e. The summed E-state index contributed by atoms with van der Waals surface area (Å²) < 4.78 is 40.2. The summed E-state index contributed by atoms with van der Waals surface area (Å²) in [5, 5.41) is 8.64. The van der Waals surface area contributed by atoms with Gasteiger partial charge in [-0.1, -0.05) is 6.92 Å². The summed E-state index contributed by atoms with van der Waals surface area (Å²) in [6.45, 7) is 1.98. The minimum absolute atomic E-state index is 0.178. The molecule has 1 aromatic heterocycles. The first kappa shape index (κ1) is 15.8. The van der Waals surface area contributed by atoms with Crippen LogP contribution < -0.4 is 4.72 Å². The van der Waals surface area contributed by atoms with Gasteiger partial charge in [-0.2, -0.15) is 4.72 Å². The van der Waals surface area contributed by atoms with E-state index in [0.29, 0.717) is 18.8 Å². The van der Waals surface area contributed by atoms with E-state index < -0.39 is 32.4 Å². The molecule has 21 heavy (non-hydrogen) atoms. The third kappa shape index (κ3) is 3.21. The Morgan fingerprint density at radius 1 is 1.48 bits per heavy atom. The van der Waals surface area contributed by atoms with Crippen molar-refractivity contribution in [1.82, 2.24) is 9.71 Å². The molecule has 2 N–H and O–H groups in total. The first-order chi connectivity index (χ1) is 9.77. The maximum atomic E-state index is 13.6. The molecule has 0 amide bonds. The lowest BCUT2D eigenvalue weighted by molar-refractivity contribution is -0.145. The second-order valence-electron chi connectivity index (χ2n) is 5.47. The molecule has 1 heterocycles. The van der Waals surface area contributed by atoms with Crippen LogP contribution in [0.4, 0.5) is 4.39 Å². The van der Waals surface area contributed by atoms with E-state index in [2.05, 4.69) is 9.71 Å². The Hall–Kier alpha value is -1.54. The number of aliphatic carboxylic acids is 1. The average molecular weight is 316 g/mol. The topological polar surface area (TPSA) is 96.4 Å². The van der Waals surface area contributed by atoms with Crippen molar-refractivity contribution in [3.63, 3.8) is 0 Å². The Labute approximate surface area is 122 Å². The number of carboxylic acids is 1. The zero-order valence-electron chi connectivity index (χ0n) is 11.5. The van der Waals surface area contributed by atoms with Gasteiger partial charge in [0.1, 0.15) is 5.54 Å². The fourth-order valence-electron chi connectivity index (χ4n) is 2.49. The van der Waals surface area contributed by atoms with Crippen molar-refractivity contribution in [2.45, 2.75) is 43.2 Å². The molecule has 0 spiro atoms. The predicted octanol–water partition coefficient (Wildman–Crippen LogP) is 1.53. The van der Waals surface area contributed by atoms with E-state index in [1.165, 1.54) is 6.07 Å². The molecular weight excluding hydrogens is 299 g/mol. The van der Waals surface area contributed by atoms with Crippen molar-refractivity contribution in [1.29, 1.82) is 0 Å². The fourth-order valence-corrected chi connectivity index (χ4v) is 3.92. The van der Waals surface area contributed by atoms with Gasteiger partial charge in [0.25, 0.3) is 10.0 Å². The van der Waals surface area contributed by atoms with Gasteiger partial charge in [0.15, 0.2) is 5.82 Å². The number of pyridine rings is 1. The van der Waals surface area contributed by atoms with Gasteiger partial charge in [0, 0.05) is 6.20 Å². The summed E-state index contributed by atoms with van der Waals surface area (Å²) in [6.07, 6.45) is 2.70. The lowest BCUT2D eigenvalue weighted by Crippen LogP contribution is -2.56. The first-order valence-corrected chi connectivity index (χ1v) is 8.13. The summed E-state index contributed by atoms with van der Waals surface area (Å²) in [6, 6.07) is 2.24. The van der Waals surface area contributed by atoms with E-state index in [1.54, 1.807) is 0 Å². The second kappa shape index (κ2) is 5.69. The molecule has 2 rings (SSSR count). The molecule has 0 unspecified atom stereocenters. The Bertz CT molecular complexity index is 639. The van der Waals surface area contributed by atoms with E-state index in [0.717, 1.165) is 12.3 Å². The van der Waals surface area contributed by atoms with Crippen molar-refractivity contribution < 1.29 is 22.7 Å². The van der Waals surface area contributed by atoms with Crippen LogP contribution in [0.5, 0.6) is 0 Å². The summed E-state index contributed by atoms with van der Waals surface area (Å²) in [7, 11) is -4.33. The van der Waals surface area contributed by atoms with Crippen molar-refractivity contribution in [2.75, 3.05) is 0 Å². The highest BCUT2D eigenvalue weighted by Crippen LogP contribution is 2.33. The SMILES string of the molecule is CC1CCC(NS(=O)(=O)c2ncccc2F)(C(=O)O)CC1. The Kier molecular flexibility index (Phi) is 4.29. The molecule has 1 aromatic rings. The summed E-state index contributed by atoms with van der Waals surface area (Å²) in [4.78, 5) is 15.0. The van der Waals surface area contributed by atoms with Crippen molar-refractivity contribution in [3.05, 3.63) is 24.1 Å². The number of rotatable bonds is 4. The number of carbonyl (C=O) groups is 1. The Balaban J connectivity index is 2.33. The van der Waals surface area contributed by atoms with Crippen molar-refractivity contribution in [3.8, 4) is 0 Å². The van der Waals surface area contributed by atoms with E-state index in [1.807, 2.05) is 6.92 Å². The second-order valence-corrected chi connectivity index (χ2v) is 7.06. The van der Waals surface area contributed by atoms with Gasteiger partial charge in [-0.3, -0.25) is 4.79 Å². The molecule has 1 fully saturated rings. The molecule has 1 aliphatic rings. The number of nitrogens with zero attached hydrogens (tertiary/aromatic N) is 1. The summed E-state index contributed by atoms with van der Waals surface area (Å²) in [5.41, 5.74) is -1.59. The average Bonchev–Trinajstić information content (AvgIpc) is 2.41. The predicted molar refractivity (Wildman–Crippen MR) is 72.5 cm³/mol. The normalized spacial score (nSPS) is 26.5. The number of aromatic nitrogens is 1. The third-order valence-electron chi connectivity index (χ3n) is 3.85. The van der Waals surface area contributed by atoms with Crippen LogP contribution in [-0.4, -0.2) is 30.0 Å². The highest BCUT2D eigenvalue weighted by molar-refractivity contribution is 7.89. The van der Waals surface area contributed by atoms with E-state index in [-0.39, 0.29) is 12.8 Å². The number of hydrogen-bond acceptors (Lipinski definition) is 4. The smallest absolute Gasteiger partial charge is 0.324 e. The number of carboxylic acid groups (broad SMARTS) is 1. The van der Waals surface area contributed by atoms with E-state index in [9.17, 15) is 22.7 Å². The molecule has 0 saturated heterocycles. The minimum Gasteiger partial charge on any atom is -0.480 e. The number of nitrogens with one attached hydrogen (secondary N) is 1. The fraction of sp³-hybridized carbons (Fsp3) is 0.538. The molecule has 1 aliphatic carbocycles. The monoisotopic (exact) mass is 316 g/mol. The third-order valence-corrected chi connectivity index (χ3v) is 5.32. The Morgan fingerprint density at radius 2 is 2.10 bits per heavy atom. The number of hydrogen-bond donors (Lipinski definition) is 2. The molecule has 0 bridgehead atoms. The standard InChI is InChI=1S/C13H17FN2O4S/c1-9-4-6-13(7-5-9,12(17)18)16-21(19,20)11-10(14)3-2-8-15-11/h2-3,8-9,16H,4-7H2,1H3,(H,17,18). The molecule has 0 aliphatic heterocycles. The maximum Gasteiger partial charge on any atom is 0.324 e. The Morgan fingerprint density at radius 3 is 2.62 bits per heavy atom.